The minimum absolute atomic E-state index is 0.0123. The van der Waals surface area contributed by atoms with E-state index in [-0.39, 0.29) is 18.3 Å². The highest BCUT2D eigenvalue weighted by atomic mass is 19.1. The fraction of sp³-hybridized carbons (Fsp3) is 0.417. The van der Waals surface area contributed by atoms with Gasteiger partial charge in [0.1, 0.15) is 11.6 Å². The fourth-order valence-electron chi connectivity index (χ4n) is 1.35. The summed E-state index contributed by atoms with van der Waals surface area (Å²) < 4.78 is 18.2. The molecule has 0 atom stereocenters. The molecule has 0 unspecified atom stereocenters. The molecule has 0 aromatic heterocycles. The molecule has 0 aliphatic heterocycles. The first-order chi connectivity index (χ1) is 7.65. The zero-order valence-corrected chi connectivity index (χ0v) is 9.13. The van der Waals surface area contributed by atoms with Crippen molar-refractivity contribution in [3.05, 3.63) is 29.6 Å². The molecule has 3 nitrogen and oxygen atoms in total. The molecule has 1 N–H and O–H groups in total. The van der Waals surface area contributed by atoms with Crippen molar-refractivity contribution in [1.29, 1.82) is 0 Å². The third kappa shape index (κ3) is 2.95. The van der Waals surface area contributed by atoms with Gasteiger partial charge in [0, 0.05) is 6.04 Å². The van der Waals surface area contributed by atoms with E-state index in [1.165, 1.54) is 12.1 Å². The second kappa shape index (κ2) is 4.51. The van der Waals surface area contributed by atoms with Crippen molar-refractivity contribution in [2.45, 2.75) is 25.8 Å². The molecule has 0 spiro atoms. The van der Waals surface area contributed by atoms with Gasteiger partial charge in [0.2, 0.25) is 0 Å². The lowest BCUT2D eigenvalue weighted by molar-refractivity contribution is -0.123. The molecule has 1 amide bonds. The highest BCUT2D eigenvalue weighted by Gasteiger charge is 2.23. The second-order valence-corrected chi connectivity index (χ2v) is 4.04. The Bertz CT molecular complexity index is 402. The van der Waals surface area contributed by atoms with Crippen molar-refractivity contribution < 1.29 is 13.9 Å². The van der Waals surface area contributed by atoms with Crippen molar-refractivity contribution in [3.8, 4) is 5.75 Å². The number of benzene rings is 1. The molecule has 1 fully saturated rings. The zero-order valence-electron chi connectivity index (χ0n) is 9.13. The van der Waals surface area contributed by atoms with Crippen molar-refractivity contribution in [2.24, 2.45) is 0 Å². The minimum atomic E-state index is -0.269. The van der Waals surface area contributed by atoms with E-state index in [1.54, 1.807) is 13.0 Å². The summed E-state index contributed by atoms with van der Waals surface area (Å²) in [4.78, 5) is 11.3. The van der Waals surface area contributed by atoms with Crippen molar-refractivity contribution in [2.75, 3.05) is 6.61 Å². The average Bonchev–Trinajstić information content (AvgIpc) is 3.04. The monoisotopic (exact) mass is 223 g/mol. The molecule has 4 heteroatoms. The number of rotatable bonds is 4. The zero-order chi connectivity index (χ0) is 11.5. The van der Waals surface area contributed by atoms with Crippen LogP contribution in [-0.4, -0.2) is 18.6 Å². The van der Waals surface area contributed by atoms with Crippen LogP contribution in [0.25, 0.3) is 0 Å². The highest BCUT2D eigenvalue weighted by molar-refractivity contribution is 5.78. The lowest BCUT2D eigenvalue weighted by atomic mass is 10.2. The van der Waals surface area contributed by atoms with E-state index < -0.39 is 0 Å². The van der Waals surface area contributed by atoms with Gasteiger partial charge in [-0.25, -0.2) is 4.39 Å². The van der Waals surface area contributed by atoms with Gasteiger partial charge in [-0.3, -0.25) is 4.79 Å². The second-order valence-electron chi connectivity index (χ2n) is 4.04. The van der Waals surface area contributed by atoms with E-state index in [1.807, 2.05) is 0 Å². The summed E-state index contributed by atoms with van der Waals surface area (Å²) in [5.74, 6) is 0.129. The topological polar surface area (TPSA) is 38.3 Å². The smallest absolute Gasteiger partial charge is 0.258 e. The van der Waals surface area contributed by atoms with Crippen molar-refractivity contribution >= 4 is 5.91 Å². The van der Waals surface area contributed by atoms with Gasteiger partial charge in [0.15, 0.2) is 6.61 Å². The summed E-state index contributed by atoms with van der Waals surface area (Å²) in [5.41, 5.74) is 0.514. The SMILES string of the molecule is Cc1cc(OCC(=O)NC2CC2)ccc1F. The van der Waals surface area contributed by atoms with Gasteiger partial charge in [-0.2, -0.15) is 0 Å². The standard InChI is InChI=1S/C12H14FNO2/c1-8-6-10(4-5-11(8)13)16-7-12(15)14-9-2-3-9/h4-6,9H,2-3,7H2,1H3,(H,14,15). The summed E-state index contributed by atoms with van der Waals surface area (Å²) in [6, 6.07) is 4.78. The molecular weight excluding hydrogens is 209 g/mol. The number of hydrogen-bond acceptors (Lipinski definition) is 2. The minimum Gasteiger partial charge on any atom is -0.484 e. The molecule has 0 radical (unpaired) electrons. The number of halogens is 1. The summed E-state index contributed by atoms with van der Waals surface area (Å²) in [6.45, 7) is 1.65. The van der Waals surface area contributed by atoms with Crippen LogP contribution in [0.3, 0.4) is 0 Å². The van der Waals surface area contributed by atoms with Crippen LogP contribution in [0.2, 0.25) is 0 Å². The number of carbonyl (C=O) groups excluding carboxylic acids is 1. The van der Waals surface area contributed by atoms with Gasteiger partial charge in [-0.05, 0) is 43.5 Å². The maximum absolute atomic E-state index is 12.9. The molecular formula is C12H14FNO2. The first-order valence-corrected chi connectivity index (χ1v) is 5.33. The maximum Gasteiger partial charge on any atom is 0.258 e. The molecule has 1 aromatic rings. The van der Waals surface area contributed by atoms with Gasteiger partial charge < -0.3 is 10.1 Å². The Labute approximate surface area is 93.6 Å². The largest absolute Gasteiger partial charge is 0.484 e. The van der Waals surface area contributed by atoms with Crippen LogP contribution >= 0.6 is 0 Å². The molecule has 16 heavy (non-hydrogen) atoms. The Balaban J connectivity index is 1.83. The normalized spacial score (nSPS) is 14.6. The highest BCUT2D eigenvalue weighted by Crippen LogP contribution is 2.19. The first kappa shape index (κ1) is 10.9. The van der Waals surface area contributed by atoms with Gasteiger partial charge in [0.25, 0.3) is 5.91 Å². The summed E-state index contributed by atoms with van der Waals surface area (Å²) >= 11 is 0. The number of ether oxygens (including phenoxy) is 1. The van der Waals surface area contributed by atoms with Crippen LogP contribution in [0.1, 0.15) is 18.4 Å². The molecule has 1 aromatic carbocycles. The van der Waals surface area contributed by atoms with Gasteiger partial charge >= 0.3 is 0 Å². The average molecular weight is 223 g/mol. The van der Waals surface area contributed by atoms with E-state index in [0.29, 0.717) is 17.4 Å². The Morgan fingerprint density at radius 2 is 2.31 bits per heavy atom. The van der Waals surface area contributed by atoms with Gasteiger partial charge in [-0.1, -0.05) is 0 Å². The lowest BCUT2D eigenvalue weighted by Gasteiger charge is -2.07. The van der Waals surface area contributed by atoms with E-state index >= 15 is 0 Å². The number of hydrogen-bond donors (Lipinski definition) is 1. The Kier molecular flexibility index (Phi) is 3.08. The summed E-state index contributed by atoms with van der Waals surface area (Å²) in [5, 5.41) is 2.81. The molecule has 2 rings (SSSR count). The van der Waals surface area contributed by atoms with Crippen LogP contribution in [0.5, 0.6) is 5.75 Å². The lowest BCUT2D eigenvalue weighted by Crippen LogP contribution is -2.30. The van der Waals surface area contributed by atoms with Crippen LogP contribution < -0.4 is 10.1 Å². The molecule has 1 aliphatic carbocycles. The number of aryl methyl sites for hydroxylation is 1. The van der Waals surface area contributed by atoms with Crippen LogP contribution in [0.4, 0.5) is 4.39 Å². The number of carbonyl (C=O) groups is 1. The quantitative estimate of drug-likeness (QED) is 0.845. The molecule has 1 aliphatic rings. The Morgan fingerprint density at radius 3 is 2.94 bits per heavy atom. The fourth-order valence-corrected chi connectivity index (χ4v) is 1.35. The maximum atomic E-state index is 12.9. The Morgan fingerprint density at radius 1 is 1.56 bits per heavy atom. The number of amides is 1. The Hall–Kier alpha value is -1.58. The molecule has 0 bridgehead atoms. The summed E-state index contributed by atoms with van der Waals surface area (Å²) in [7, 11) is 0. The van der Waals surface area contributed by atoms with Crippen LogP contribution in [0, 0.1) is 12.7 Å². The molecule has 0 saturated heterocycles. The predicted octanol–water partition coefficient (Wildman–Crippen LogP) is 1.79. The van der Waals surface area contributed by atoms with E-state index in [4.69, 9.17) is 4.74 Å². The van der Waals surface area contributed by atoms with E-state index in [0.717, 1.165) is 12.8 Å². The number of nitrogens with one attached hydrogen (secondary N) is 1. The van der Waals surface area contributed by atoms with E-state index in [2.05, 4.69) is 5.32 Å². The van der Waals surface area contributed by atoms with Gasteiger partial charge in [-0.15, -0.1) is 0 Å². The summed E-state index contributed by atoms with van der Waals surface area (Å²) in [6.07, 6.45) is 2.11. The molecule has 86 valence electrons. The third-order valence-corrected chi connectivity index (χ3v) is 2.44. The van der Waals surface area contributed by atoms with Gasteiger partial charge in [0.05, 0.1) is 0 Å². The first-order valence-electron chi connectivity index (χ1n) is 5.33. The van der Waals surface area contributed by atoms with Crippen LogP contribution in [-0.2, 0) is 4.79 Å². The third-order valence-electron chi connectivity index (χ3n) is 2.44. The van der Waals surface area contributed by atoms with Crippen molar-refractivity contribution in [1.82, 2.24) is 5.32 Å². The van der Waals surface area contributed by atoms with E-state index in [9.17, 15) is 9.18 Å². The molecule has 0 heterocycles. The molecule has 1 saturated carbocycles. The van der Waals surface area contributed by atoms with Crippen LogP contribution in [0.15, 0.2) is 18.2 Å². The van der Waals surface area contributed by atoms with Crippen molar-refractivity contribution in [3.63, 3.8) is 0 Å². The predicted molar refractivity (Wildman–Crippen MR) is 57.8 cm³/mol.